The summed E-state index contributed by atoms with van der Waals surface area (Å²) < 4.78 is 34.0. The van der Waals surface area contributed by atoms with E-state index in [-0.39, 0.29) is 23.3 Å². The first kappa shape index (κ1) is 21.0. The van der Waals surface area contributed by atoms with Crippen molar-refractivity contribution in [2.75, 3.05) is 27.2 Å². The van der Waals surface area contributed by atoms with Crippen LogP contribution in [0.25, 0.3) is 5.69 Å². The van der Waals surface area contributed by atoms with E-state index in [0.29, 0.717) is 16.5 Å². The number of hydrogen-bond acceptors (Lipinski definition) is 5. The summed E-state index contributed by atoms with van der Waals surface area (Å²) >= 11 is 6.04. The molecular formula is C16H22Cl2N4O3S. The first-order valence-corrected chi connectivity index (χ1v) is 9.82. The van der Waals surface area contributed by atoms with Gasteiger partial charge in [-0.1, -0.05) is 11.6 Å². The van der Waals surface area contributed by atoms with Gasteiger partial charge in [0, 0.05) is 18.1 Å². The molecule has 0 unspecified atom stereocenters. The Morgan fingerprint density at radius 3 is 2.69 bits per heavy atom. The SMILES string of the molecule is COc1ccc(Cl)cc1-n1cc(S(=O)(=O)N(C)C2CCNCC2)cn1.Cl. The molecule has 0 saturated carbocycles. The van der Waals surface area contributed by atoms with E-state index in [2.05, 4.69) is 10.4 Å². The van der Waals surface area contributed by atoms with E-state index >= 15 is 0 Å². The number of nitrogens with zero attached hydrogens (tertiary/aromatic N) is 3. The van der Waals surface area contributed by atoms with Gasteiger partial charge in [-0.3, -0.25) is 0 Å². The molecule has 3 rings (SSSR count). The average molecular weight is 421 g/mol. The molecule has 1 aromatic carbocycles. The van der Waals surface area contributed by atoms with Crippen molar-refractivity contribution in [2.24, 2.45) is 0 Å². The zero-order chi connectivity index (χ0) is 18.0. The van der Waals surface area contributed by atoms with Crippen LogP contribution in [0.15, 0.2) is 35.5 Å². The average Bonchev–Trinajstić information content (AvgIpc) is 3.12. The first-order valence-electron chi connectivity index (χ1n) is 8.01. The van der Waals surface area contributed by atoms with E-state index in [1.807, 2.05) is 0 Å². The van der Waals surface area contributed by atoms with Crippen molar-refractivity contribution < 1.29 is 13.2 Å². The number of aromatic nitrogens is 2. The molecule has 1 aliphatic heterocycles. The standard InChI is InChI=1S/C16H21ClN4O3S.ClH/c1-20(13-5-7-18-8-6-13)25(22,23)14-10-19-21(11-14)15-9-12(17)3-4-16(15)24-2;/h3-4,9-11,13,18H,5-8H2,1-2H3;1H. The van der Waals surface area contributed by atoms with E-state index in [9.17, 15) is 8.42 Å². The smallest absolute Gasteiger partial charge is 0.246 e. The number of nitrogens with one attached hydrogen (secondary N) is 1. The van der Waals surface area contributed by atoms with Gasteiger partial charge in [0.25, 0.3) is 0 Å². The van der Waals surface area contributed by atoms with Gasteiger partial charge < -0.3 is 10.1 Å². The molecule has 0 bridgehead atoms. The summed E-state index contributed by atoms with van der Waals surface area (Å²) in [5.74, 6) is 0.558. The molecule has 0 atom stereocenters. The summed E-state index contributed by atoms with van der Waals surface area (Å²) in [6.45, 7) is 1.65. The van der Waals surface area contributed by atoms with Crippen LogP contribution >= 0.6 is 24.0 Å². The van der Waals surface area contributed by atoms with E-state index < -0.39 is 10.0 Å². The zero-order valence-corrected chi connectivity index (χ0v) is 16.9. The summed E-state index contributed by atoms with van der Waals surface area (Å²) in [6, 6.07) is 5.10. The molecule has 1 saturated heterocycles. The molecule has 0 aliphatic carbocycles. The Kier molecular flexibility index (Phi) is 6.92. The Morgan fingerprint density at radius 1 is 1.35 bits per heavy atom. The van der Waals surface area contributed by atoms with Gasteiger partial charge in [0.15, 0.2) is 0 Å². The van der Waals surface area contributed by atoms with Gasteiger partial charge in [0.1, 0.15) is 16.3 Å². The van der Waals surface area contributed by atoms with Gasteiger partial charge in [0.05, 0.1) is 19.5 Å². The van der Waals surface area contributed by atoms with Crippen LogP contribution in [-0.2, 0) is 10.0 Å². The molecule has 1 aromatic heterocycles. The number of rotatable bonds is 5. The van der Waals surface area contributed by atoms with Gasteiger partial charge in [-0.05, 0) is 44.1 Å². The van der Waals surface area contributed by atoms with Crippen LogP contribution in [0.2, 0.25) is 5.02 Å². The maximum Gasteiger partial charge on any atom is 0.246 e. The molecule has 2 heterocycles. The third-order valence-corrected chi connectivity index (χ3v) is 6.54. The number of ether oxygens (including phenoxy) is 1. The molecule has 2 aromatic rings. The van der Waals surface area contributed by atoms with Gasteiger partial charge in [-0.2, -0.15) is 9.40 Å². The lowest BCUT2D eigenvalue weighted by Gasteiger charge is -2.30. The van der Waals surface area contributed by atoms with Crippen LogP contribution in [0, 0.1) is 0 Å². The van der Waals surface area contributed by atoms with Gasteiger partial charge in [-0.15, -0.1) is 12.4 Å². The Balaban J connectivity index is 0.00000243. The minimum absolute atomic E-state index is 0. The predicted molar refractivity (Wildman–Crippen MR) is 103 cm³/mol. The lowest BCUT2D eigenvalue weighted by Crippen LogP contribution is -2.43. The van der Waals surface area contributed by atoms with Crippen molar-refractivity contribution in [1.29, 1.82) is 0 Å². The highest BCUT2D eigenvalue weighted by Crippen LogP contribution is 2.27. The Bertz CT molecular complexity index is 851. The first-order chi connectivity index (χ1) is 11.9. The third kappa shape index (κ3) is 4.15. The molecule has 144 valence electrons. The summed E-state index contributed by atoms with van der Waals surface area (Å²) in [4.78, 5) is 0.149. The fourth-order valence-corrected chi connectivity index (χ4v) is 4.46. The van der Waals surface area contributed by atoms with E-state index in [1.54, 1.807) is 32.4 Å². The molecule has 26 heavy (non-hydrogen) atoms. The Morgan fingerprint density at radius 2 is 2.04 bits per heavy atom. The second-order valence-electron chi connectivity index (χ2n) is 5.94. The lowest BCUT2D eigenvalue weighted by molar-refractivity contribution is 0.296. The number of benzene rings is 1. The van der Waals surface area contributed by atoms with Crippen LogP contribution in [0.5, 0.6) is 5.75 Å². The number of piperidine rings is 1. The quantitative estimate of drug-likeness (QED) is 0.802. The number of sulfonamides is 1. The molecule has 1 fully saturated rings. The molecule has 0 amide bonds. The number of methoxy groups -OCH3 is 1. The van der Waals surface area contributed by atoms with Crippen LogP contribution in [0.1, 0.15) is 12.8 Å². The monoisotopic (exact) mass is 420 g/mol. The minimum atomic E-state index is -3.61. The maximum atomic E-state index is 12.9. The highest BCUT2D eigenvalue weighted by molar-refractivity contribution is 7.89. The van der Waals surface area contributed by atoms with Crippen LogP contribution < -0.4 is 10.1 Å². The van der Waals surface area contributed by atoms with Crippen molar-refractivity contribution in [3.63, 3.8) is 0 Å². The summed E-state index contributed by atoms with van der Waals surface area (Å²) in [6.07, 6.45) is 4.44. The largest absolute Gasteiger partial charge is 0.494 e. The molecule has 1 aliphatic rings. The normalized spacial score (nSPS) is 15.7. The van der Waals surface area contributed by atoms with Crippen molar-refractivity contribution in [3.05, 3.63) is 35.6 Å². The van der Waals surface area contributed by atoms with Gasteiger partial charge in [-0.25, -0.2) is 13.1 Å². The van der Waals surface area contributed by atoms with Crippen molar-refractivity contribution in [1.82, 2.24) is 19.4 Å². The van der Waals surface area contributed by atoms with E-state index in [4.69, 9.17) is 16.3 Å². The van der Waals surface area contributed by atoms with Crippen LogP contribution in [-0.4, -0.2) is 55.8 Å². The number of halogens is 2. The van der Waals surface area contributed by atoms with E-state index in [1.165, 1.54) is 21.4 Å². The van der Waals surface area contributed by atoms with Gasteiger partial charge >= 0.3 is 0 Å². The third-order valence-electron chi connectivity index (χ3n) is 4.45. The lowest BCUT2D eigenvalue weighted by atomic mass is 10.1. The van der Waals surface area contributed by atoms with Crippen LogP contribution in [0.4, 0.5) is 0 Å². The molecular weight excluding hydrogens is 399 g/mol. The predicted octanol–water partition coefficient (Wildman–Crippen LogP) is 2.33. The topological polar surface area (TPSA) is 76.5 Å². The minimum Gasteiger partial charge on any atom is -0.494 e. The maximum absolute atomic E-state index is 12.9. The summed E-state index contributed by atoms with van der Waals surface area (Å²) in [5.41, 5.74) is 0.584. The number of hydrogen-bond donors (Lipinski definition) is 1. The highest BCUT2D eigenvalue weighted by Gasteiger charge is 2.30. The Labute approximate surface area is 164 Å². The fraction of sp³-hybridized carbons (Fsp3) is 0.438. The molecule has 10 heteroatoms. The second-order valence-corrected chi connectivity index (χ2v) is 8.37. The van der Waals surface area contributed by atoms with E-state index in [0.717, 1.165) is 25.9 Å². The molecule has 0 spiro atoms. The van der Waals surface area contributed by atoms with Crippen molar-refractivity contribution >= 4 is 34.0 Å². The van der Waals surface area contributed by atoms with Crippen molar-refractivity contribution in [2.45, 2.75) is 23.8 Å². The molecule has 7 nitrogen and oxygen atoms in total. The second kappa shape index (κ2) is 8.58. The zero-order valence-electron chi connectivity index (χ0n) is 14.6. The fourth-order valence-electron chi connectivity index (χ4n) is 2.95. The van der Waals surface area contributed by atoms with Crippen molar-refractivity contribution in [3.8, 4) is 11.4 Å². The summed E-state index contributed by atoms with van der Waals surface area (Å²) in [5, 5.41) is 7.95. The van der Waals surface area contributed by atoms with Gasteiger partial charge in [0.2, 0.25) is 10.0 Å². The summed E-state index contributed by atoms with van der Waals surface area (Å²) in [7, 11) is -0.439. The highest BCUT2D eigenvalue weighted by atomic mass is 35.5. The molecule has 1 N–H and O–H groups in total. The molecule has 0 radical (unpaired) electrons. The van der Waals surface area contributed by atoms with Crippen LogP contribution in [0.3, 0.4) is 0 Å². The Hall–Kier alpha value is -1.32.